The molecule has 0 saturated heterocycles. The van der Waals surface area contributed by atoms with Crippen molar-refractivity contribution in [1.29, 1.82) is 0 Å². The summed E-state index contributed by atoms with van der Waals surface area (Å²) < 4.78 is 57.5. The maximum absolute atomic E-state index is 7.28. The maximum atomic E-state index is 7.28. The third-order valence-electron chi connectivity index (χ3n) is 8.52. The molecule has 8 aromatic rings. The van der Waals surface area contributed by atoms with Crippen molar-refractivity contribution in [2.75, 3.05) is 0 Å². The summed E-state index contributed by atoms with van der Waals surface area (Å²) in [5.41, 5.74) is 9.97. The third-order valence-corrected chi connectivity index (χ3v) is 8.52. The van der Waals surface area contributed by atoms with Crippen LogP contribution in [0.25, 0.3) is 61.7 Å². The van der Waals surface area contributed by atoms with Crippen molar-refractivity contribution >= 4 is 22.0 Å². The zero-order valence-corrected chi connectivity index (χ0v) is 30.5. The number of pyridine rings is 1. The summed E-state index contributed by atoms with van der Waals surface area (Å²) in [7, 11) is 0. The molecule has 0 aliphatic rings. The summed E-state index contributed by atoms with van der Waals surface area (Å²) in [6.45, 7) is 4.65. The third kappa shape index (κ3) is 6.87. The van der Waals surface area contributed by atoms with Crippen molar-refractivity contribution in [3.8, 4) is 39.7 Å². The minimum Gasteiger partial charge on any atom is -0.557 e. The quantitative estimate of drug-likeness (QED) is 0.157. The van der Waals surface area contributed by atoms with E-state index in [4.69, 9.17) is 22.0 Å². The van der Waals surface area contributed by atoms with Crippen LogP contribution in [0, 0.1) is 26.0 Å². The Balaban J connectivity index is 0.000000217. The normalized spacial score (nSPS) is 13.5. The summed E-state index contributed by atoms with van der Waals surface area (Å²) in [5, 5.41) is 0.962. The van der Waals surface area contributed by atoms with Gasteiger partial charge in [-0.1, -0.05) is 106 Å². The molecule has 4 aromatic heterocycles. The second-order valence-electron chi connectivity index (χ2n) is 12.5. The molecule has 0 fully saturated rings. The first-order valence-electron chi connectivity index (χ1n) is 19.3. The van der Waals surface area contributed by atoms with Gasteiger partial charge in [0.15, 0.2) is 0 Å². The first kappa shape index (κ1) is 27.8. The Kier molecular flexibility index (Phi) is 8.24. The Morgan fingerprint density at radius 1 is 0.800 bits per heavy atom. The Bertz CT molecular complexity index is 2490. The predicted molar refractivity (Wildman–Crippen MR) is 199 cm³/mol. The van der Waals surface area contributed by atoms with Crippen molar-refractivity contribution in [3.05, 3.63) is 150 Å². The van der Waals surface area contributed by atoms with Gasteiger partial charge in [-0.15, -0.1) is 35.4 Å². The second kappa shape index (κ2) is 14.8. The number of fused-ring (bicyclic) bond motifs is 2. The average Bonchev–Trinajstić information content (AvgIpc) is 3.93. The monoisotopic (exact) mass is 840 g/mol. The first-order valence-corrected chi connectivity index (χ1v) is 16.3. The number of furan rings is 2. The van der Waals surface area contributed by atoms with Crippen LogP contribution in [0.15, 0.2) is 124 Å². The number of hydrogen-bond acceptors (Lipinski definition) is 4. The number of aryl methyl sites for hydroxylation is 2. The minimum atomic E-state index is -2.18. The van der Waals surface area contributed by atoms with Crippen LogP contribution in [-0.4, -0.2) is 14.5 Å². The number of hydrogen-bond donors (Lipinski definition) is 0. The van der Waals surface area contributed by atoms with Crippen molar-refractivity contribution in [1.82, 2.24) is 14.5 Å². The van der Waals surface area contributed by atoms with Gasteiger partial charge in [0.1, 0.15) is 5.76 Å². The molecule has 0 saturated carbocycles. The summed E-state index contributed by atoms with van der Waals surface area (Å²) >= 11 is 0. The Morgan fingerprint density at radius 3 is 2.24 bits per heavy atom. The average molecular weight is 840 g/mol. The zero-order valence-electron chi connectivity index (χ0n) is 34.1. The predicted octanol–water partition coefficient (Wildman–Crippen LogP) is 11.9. The van der Waals surface area contributed by atoms with E-state index in [0.717, 1.165) is 44.7 Å². The molecule has 50 heavy (non-hydrogen) atoms. The van der Waals surface area contributed by atoms with Crippen LogP contribution in [-0.2, 0) is 20.1 Å². The Hall–Kier alpha value is -5.03. The number of imidazole rings is 1. The first-order chi connectivity index (χ1) is 26.2. The molecule has 0 amide bonds. The molecule has 0 unspecified atom stereocenters. The second-order valence-corrected chi connectivity index (χ2v) is 12.5. The number of aromatic nitrogens is 3. The summed E-state index contributed by atoms with van der Waals surface area (Å²) in [6.07, 6.45) is 6.17. The Morgan fingerprint density at radius 2 is 1.58 bits per heavy atom. The van der Waals surface area contributed by atoms with Gasteiger partial charge in [-0.25, -0.2) is 0 Å². The number of benzene rings is 4. The minimum absolute atomic E-state index is 0. The number of para-hydroxylation sites is 3. The summed E-state index contributed by atoms with van der Waals surface area (Å²) in [6, 6.07) is 35.3. The van der Waals surface area contributed by atoms with Crippen LogP contribution in [0.4, 0.5) is 0 Å². The van der Waals surface area contributed by atoms with Gasteiger partial charge in [-0.05, 0) is 65.3 Å². The molecule has 6 heteroatoms. The van der Waals surface area contributed by atoms with E-state index in [0.29, 0.717) is 23.1 Å². The van der Waals surface area contributed by atoms with Crippen molar-refractivity contribution in [3.63, 3.8) is 0 Å². The summed E-state index contributed by atoms with van der Waals surface area (Å²) in [4.78, 5) is 9.20. The standard InChI is InChI=1S/C31H27N2O2.C13H12N.Ir/c1-19(2)22-9-7-10-23(20(3)4)30(22)33-27-12-6-5-11-26(27)32-31(33)25-18-35-29-15-14-21(17-24(25)29)28-13-8-16-34-28;1-10-3-6-12(7-4-10)13-8-5-11(2)9-14-13;/h5-17,19-20H,1-4H3;3-6,8-9H,1-2H3;/q2*-1;/i;1D3,2D3;. The molecular weight excluding hydrogens is 795 g/mol. The van der Waals surface area contributed by atoms with E-state index in [1.54, 1.807) is 18.4 Å². The number of rotatable bonds is 6. The van der Waals surface area contributed by atoms with E-state index in [-0.39, 0.29) is 31.2 Å². The zero-order chi connectivity index (χ0) is 39.1. The smallest absolute Gasteiger partial charge is 0.133 e. The Labute approximate surface area is 315 Å². The van der Waals surface area contributed by atoms with Gasteiger partial charge < -0.3 is 18.4 Å². The molecule has 0 aliphatic carbocycles. The molecule has 0 atom stereocenters. The van der Waals surface area contributed by atoms with Crippen LogP contribution in [0.2, 0.25) is 0 Å². The SMILES string of the molecule is CC(C)c1cccc(C(C)C)c1-n1c(-c2[c-]oc3ccc(-c4ccco4)cc23)nc2ccccc21.[2H]C([2H])([2H])c1c[c-]c(-c2ccc(C([2H])([2H])[2H])cn2)cc1.[Ir]. The van der Waals surface area contributed by atoms with E-state index in [1.807, 2.05) is 30.3 Å². The molecule has 4 heterocycles. The number of nitrogens with zero attached hydrogens (tertiary/aromatic N) is 3. The molecule has 0 spiro atoms. The molecule has 253 valence electrons. The maximum Gasteiger partial charge on any atom is 0.133 e. The van der Waals surface area contributed by atoms with Gasteiger partial charge in [0.05, 0.1) is 23.1 Å². The topological polar surface area (TPSA) is 57.0 Å². The molecule has 0 bridgehead atoms. The molecule has 5 nitrogen and oxygen atoms in total. The van der Waals surface area contributed by atoms with E-state index >= 15 is 0 Å². The van der Waals surface area contributed by atoms with Crippen molar-refractivity contribution < 1.29 is 37.2 Å². The van der Waals surface area contributed by atoms with Gasteiger partial charge in [-0.3, -0.25) is 4.98 Å². The fourth-order valence-electron chi connectivity index (χ4n) is 6.06. The molecule has 8 rings (SSSR count). The van der Waals surface area contributed by atoms with Crippen molar-refractivity contribution in [2.45, 2.75) is 53.2 Å². The van der Waals surface area contributed by atoms with E-state index in [9.17, 15) is 0 Å². The van der Waals surface area contributed by atoms with Gasteiger partial charge in [0.2, 0.25) is 0 Å². The van der Waals surface area contributed by atoms with Crippen LogP contribution in [0.5, 0.6) is 0 Å². The van der Waals surface area contributed by atoms with Crippen molar-refractivity contribution in [2.24, 2.45) is 0 Å². The molecule has 0 aliphatic heterocycles. The van der Waals surface area contributed by atoms with Gasteiger partial charge >= 0.3 is 0 Å². The molecule has 1 radical (unpaired) electrons. The van der Waals surface area contributed by atoms with Crippen LogP contribution in [0.1, 0.15) is 70.0 Å². The molecule has 4 aromatic carbocycles. The molecule has 0 N–H and O–H groups in total. The van der Waals surface area contributed by atoms with Gasteiger partial charge in [0, 0.05) is 57.6 Å². The largest absolute Gasteiger partial charge is 0.557 e. The van der Waals surface area contributed by atoms with Gasteiger partial charge in [0.25, 0.3) is 0 Å². The molecular formula is C44H39IrN3O2-2. The van der Waals surface area contributed by atoms with E-state index in [1.165, 1.54) is 41.2 Å². The van der Waals surface area contributed by atoms with E-state index < -0.39 is 13.7 Å². The van der Waals surface area contributed by atoms with E-state index in [2.05, 4.69) is 92.0 Å². The van der Waals surface area contributed by atoms with Gasteiger partial charge in [-0.2, -0.15) is 0 Å². The van der Waals surface area contributed by atoms with Crippen LogP contribution in [0.3, 0.4) is 0 Å². The fourth-order valence-corrected chi connectivity index (χ4v) is 6.06. The van der Waals surface area contributed by atoms with Crippen LogP contribution >= 0.6 is 0 Å². The summed E-state index contributed by atoms with van der Waals surface area (Å²) in [5.74, 6) is 2.36. The fraction of sp³-hybridized carbons (Fsp3) is 0.182. The van der Waals surface area contributed by atoms with Crippen LogP contribution < -0.4 is 0 Å².